The Morgan fingerprint density at radius 2 is 1.59 bits per heavy atom. The second-order valence-corrected chi connectivity index (χ2v) is 15.0. The number of hydrogen-bond donors (Lipinski definition) is 1. The van der Waals surface area contributed by atoms with Crippen LogP contribution in [0.2, 0.25) is 0 Å². The van der Waals surface area contributed by atoms with Crippen molar-refractivity contribution in [1.82, 2.24) is 19.4 Å². The Morgan fingerprint density at radius 3 is 2.17 bits per heavy atom. The van der Waals surface area contributed by atoms with Gasteiger partial charge in [0, 0.05) is 38.0 Å². The zero-order valence-corrected chi connectivity index (χ0v) is 26.5. The summed E-state index contributed by atoms with van der Waals surface area (Å²) in [5, 5.41) is 3.12. The van der Waals surface area contributed by atoms with Gasteiger partial charge in [0.05, 0.1) is 17.2 Å². The number of benzene rings is 2. The summed E-state index contributed by atoms with van der Waals surface area (Å²) in [7, 11) is -5.00. The monoisotopic (exact) mass is 606 g/mol. The molecule has 1 amide bonds. The van der Waals surface area contributed by atoms with Crippen LogP contribution >= 0.6 is 0 Å². The average Bonchev–Trinajstić information content (AvgIpc) is 2.93. The first kappa shape index (κ1) is 33.2. The average molecular weight is 607 g/mol. The van der Waals surface area contributed by atoms with E-state index in [0.717, 1.165) is 43.5 Å². The number of sulfonamides is 1. The van der Waals surface area contributed by atoms with Gasteiger partial charge in [-0.25, -0.2) is 16.8 Å². The lowest BCUT2D eigenvalue weighted by Gasteiger charge is -2.34. The van der Waals surface area contributed by atoms with E-state index < -0.39 is 19.9 Å². The van der Waals surface area contributed by atoms with Gasteiger partial charge in [0.2, 0.25) is 15.9 Å². The Kier molecular flexibility index (Phi) is 12.3. The number of unbranched alkanes of at least 4 members (excludes halogenated alkanes) is 1. The van der Waals surface area contributed by atoms with E-state index in [1.165, 1.54) is 10.6 Å². The standard InChI is InChI=1S/C30H46N4O5S2/c1-5-32(25(2)21-27-13-15-29(16-14-27)40(4,36)37)17-9-10-18-33-19-20-34(23-30(33)35)41(38,39)24-28(31-3)22-26-11-7-6-8-12-26/h6-8,11-16,25,28,31H,5,9-10,17-24H2,1-4H3. The second-order valence-electron chi connectivity index (χ2n) is 11.0. The number of rotatable bonds is 16. The molecule has 1 aliphatic heterocycles. The molecule has 1 heterocycles. The maximum atomic E-state index is 13.1. The molecule has 0 bridgehead atoms. The van der Waals surface area contributed by atoms with Crippen LogP contribution < -0.4 is 5.32 Å². The summed E-state index contributed by atoms with van der Waals surface area (Å²) in [5.41, 5.74) is 2.17. The van der Waals surface area contributed by atoms with E-state index in [1.54, 1.807) is 24.1 Å². The summed E-state index contributed by atoms with van der Waals surface area (Å²) < 4.78 is 51.0. The highest BCUT2D eigenvalue weighted by Gasteiger charge is 2.33. The van der Waals surface area contributed by atoms with Gasteiger partial charge in [-0.15, -0.1) is 0 Å². The largest absolute Gasteiger partial charge is 0.340 e. The van der Waals surface area contributed by atoms with E-state index in [-0.39, 0.29) is 24.2 Å². The molecule has 2 aromatic rings. The summed E-state index contributed by atoms with van der Waals surface area (Å²) in [6.07, 6.45) is 4.43. The van der Waals surface area contributed by atoms with Gasteiger partial charge in [-0.2, -0.15) is 4.31 Å². The van der Waals surface area contributed by atoms with Gasteiger partial charge in [-0.1, -0.05) is 49.4 Å². The molecular formula is C30H46N4O5S2. The first-order chi connectivity index (χ1) is 19.4. The Bertz CT molecular complexity index is 1320. The molecule has 9 nitrogen and oxygen atoms in total. The molecule has 1 fully saturated rings. The minimum atomic E-state index is -3.57. The van der Waals surface area contributed by atoms with Crippen molar-refractivity contribution in [2.24, 2.45) is 0 Å². The van der Waals surface area contributed by atoms with Crippen LogP contribution in [0.25, 0.3) is 0 Å². The van der Waals surface area contributed by atoms with Gasteiger partial charge in [0.25, 0.3) is 0 Å². The number of piperazine rings is 1. The fourth-order valence-corrected chi connectivity index (χ4v) is 7.62. The quantitative estimate of drug-likeness (QED) is 0.293. The molecule has 1 saturated heterocycles. The third-order valence-corrected chi connectivity index (χ3v) is 10.9. The van der Waals surface area contributed by atoms with E-state index in [9.17, 15) is 21.6 Å². The second kappa shape index (κ2) is 15.2. The SMILES string of the molecule is CCN(CCCCN1CCN(S(=O)(=O)CC(Cc2ccccc2)NC)CC1=O)C(C)Cc1ccc(S(C)(=O)=O)cc1. The number of nitrogens with one attached hydrogen (secondary N) is 1. The van der Waals surface area contributed by atoms with Gasteiger partial charge < -0.3 is 15.1 Å². The molecule has 0 aromatic heterocycles. The minimum Gasteiger partial charge on any atom is -0.340 e. The third kappa shape index (κ3) is 10.2. The van der Waals surface area contributed by atoms with Crippen LogP contribution in [0.4, 0.5) is 0 Å². The molecule has 2 unspecified atom stereocenters. The first-order valence-electron chi connectivity index (χ1n) is 14.4. The number of sulfone groups is 1. The van der Waals surface area contributed by atoms with Crippen LogP contribution in [0.1, 0.15) is 37.8 Å². The lowest BCUT2D eigenvalue weighted by molar-refractivity contribution is -0.134. The van der Waals surface area contributed by atoms with Gasteiger partial charge in [-0.3, -0.25) is 4.79 Å². The van der Waals surface area contributed by atoms with Gasteiger partial charge in [0.1, 0.15) is 0 Å². The molecule has 2 aromatic carbocycles. The van der Waals surface area contributed by atoms with E-state index in [0.29, 0.717) is 37.0 Å². The Morgan fingerprint density at radius 1 is 0.927 bits per heavy atom. The van der Waals surface area contributed by atoms with Crippen molar-refractivity contribution in [2.45, 2.75) is 56.5 Å². The molecule has 1 aliphatic rings. The van der Waals surface area contributed by atoms with Gasteiger partial charge in [-0.05, 0) is 76.0 Å². The number of likely N-dealkylation sites (N-methyl/N-ethyl adjacent to an activating group) is 2. The first-order valence-corrected chi connectivity index (χ1v) is 17.9. The zero-order valence-electron chi connectivity index (χ0n) is 24.8. The van der Waals surface area contributed by atoms with Crippen molar-refractivity contribution in [3.63, 3.8) is 0 Å². The predicted octanol–water partition coefficient (Wildman–Crippen LogP) is 2.43. The highest BCUT2D eigenvalue weighted by Crippen LogP contribution is 2.16. The molecule has 0 aliphatic carbocycles. The van der Waals surface area contributed by atoms with Crippen LogP contribution in [0, 0.1) is 0 Å². The summed E-state index contributed by atoms with van der Waals surface area (Å²) in [6, 6.07) is 17.0. The van der Waals surface area contributed by atoms with Crippen molar-refractivity contribution in [2.75, 3.05) is 58.3 Å². The van der Waals surface area contributed by atoms with Gasteiger partial charge >= 0.3 is 0 Å². The van der Waals surface area contributed by atoms with E-state index in [2.05, 4.69) is 24.1 Å². The Labute approximate surface area is 246 Å². The van der Waals surface area contributed by atoms with Crippen LogP contribution in [-0.4, -0.2) is 107 Å². The molecule has 0 spiro atoms. The normalized spacial score (nSPS) is 16.7. The van der Waals surface area contributed by atoms with E-state index >= 15 is 0 Å². The fraction of sp³-hybridized carbons (Fsp3) is 0.567. The molecule has 0 saturated carbocycles. The number of amides is 1. The van der Waals surface area contributed by atoms with Crippen molar-refractivity contribution in [1.29, 1.82) is 0 Å². The van der Waals surface area contributed by atoms with Crippen LogP contribution in [-0.2, 0) is 37.5 Å². The molecule has 11 heteroatoms. The third-order valence-electron chi connectivity index (χ3n) is 7.86. The zero-order chi connectivity index (χ0) is 30.0. The highest BCUT2D eigenvalue weighted by atomic mass is 32.2. The lowest BCUT2D eigenvalue weighted by Crippen LogP contribution is -2.54. The van der Waals surface area contributed by atoms with E-state index in [1.807, 2.05) is 42.5 Å². The number of nitrogens with zero attached hydrogens (tertiary/aromatic N) is 3. The molecule has 1 N–H and O–H groups in total. The Balaban J connectivity index is 1.42. The summed E-state index contributed by atoms with van der Waals surface area (Å²) in [4.78, 5) is 17.3. The molecule has 3 rings (SSSR count). The minimum absolute atomic E-state index is 0.0431. The maximum absolute atomic E-state index is 13.1. The lowest BCUT2D eigenvalue weighted by atomic mass is 10.1. The molecule has 0 radical (unpaired) electrons. The van der Waals surface area contributed by atoms with Crippen molar-refractivity contribution >= 4 is 25.8 Å². The fourth-order valence-electron chi connectivity index (χ4n) is 5.31. The molecule has 2 atom stereocenters. The van der Waals surface area contributed by atoms with Crippen LogP contribution in [0.3, 0.4) is 0 Å². The smallest absolute Gasteiger partial charge is 0.237 e. The predicted molar refractivity (Wildman–Crippen MR) is 164 cm³/mol. The summed E-state index contributed by atoms with van der Waals surface area (Å²) in [5.74, 6) is -0.180. The highest BCUT2D eigenvalue weighted by molar-refractivity contribution is 7.90. The Hall–Kier alpha value is -2.31. The summed E-state index contributed by atoms with van der Waals surface area (Å²) in [6.45, 7) is 7.37. The molecule has 41 heavy (non-hydrogen) atoms. The van der Waals surface area contributed by atoms with Gasteiger partial charge in [0.15, 0.2) is 9.84 Å². The van der Waals surface area contributed by atoms with E-state index in [4.69, 9.17) is 0 Å². The van der Waals surface area contributed by atoms with Crippen LogP contribution in [0.15, 0.2) is 59.5 Å². The van der Waals surface area contributed by atoms with Crippen molar-refractivity contribution < 1.29 is 21.6 Å². The maximum Gasteiger partial charge on any atom is 0.237 e. The number of carbonyl (C=O) groups excluding carboxylic acids is 1. The number of hydrogen-bond acceptors (Lipinski definition) is 7. The summed E-state index contributed by atoms with van der Waals surface area (Å²) >= 11 is 0. The molecular weight excluding hydrogens is 560 g/mol. The number of carbonyl (C=O) groups is 1. The molecule has 228 valence electrons. The van der Waals surface area contributed by atoms with Crippen LogP contribution in [0.5, 0.6) is 0 Å². The van der Waals surface area contributed by atoms with Crippen molar-refractivity contribution in [3.05, 3.63) is 65.7 Å². The topological polar surface area (TPSA) is 107 Å². The van der Waals surface area contributed by atoms with Crippen molar-refractivity contribution in [3.8, 4) is 0 Å².